The van der Waals surface area contributed by atoms with Crippen molar-refractivity contribution in [2.24, 2.45) is 0 Å². The lowest BCUT2D eigenvalue weighted by atomic mass is 10.2. The third-order valence-electron chi connectivity index (χ3n) is 2.47. The summed E-state index contributed by atoms with van der Waals surface area (Å²) in [4.78, 5) is 4.49. The molecule has 0 unspecified atom stereocenters. The zero-order valence-corrected chi connectivity index (χ0v) is 9.94. The Bertz CT molecular complexity index is 499. The van der Waals surface area contributed by atoms with Crippen molar-refractivity contribution in [3.05, 3.63) is 30.3 Å². The number of benzene rings is 1. The minimum Gasteiger partial charge on any atom is -0.399 e. The van der Waals surface area contributed by atoms with Gasteiger partial charge < -0.3 is 15.8 Å². The molecule has 1 aromatic heterocycles. The molecule has 0 saturated heterocycles. The SMILES string of the molecule is CCOCCNc1ccc2cc(N)ccc2n1. The van der Waals surface area contributed by atoms with Gasteiger partial charge in [-0.05, 0) is 37.3 Å². The number of ether oxygens (including phenoxy) is 1. The molecule has 2 rings (SSSR count). The van der Waals surface area contributed by atoms with Crippen molar-refractivity contribution in [1.82, 2.24) is 4.98 Å². The normalized spacial score (nSPS) is 10.6. The molecule has 2 aromatic rings. The Morgan fingerprint density at radius 2 is 2.18 bits per heavy atom. The molecule has 0 aliphatic carbocycles. The van der Waals surface area contributed by atoms with Crippen molar-refractivity contribution in [3.63, 3.8) is 0 Å². The van der Waals surface area contributed by atoms with Gasteiger partial charge in [0, 0.05) is 24.2 Å². The first kappa shape index (κ1) is 11.7. The van der Waals surface area contributed by atoms with E-state index in [2.05, 4.69) is 10.3 Å². The van der Waals surface area contributed by atoms with Crippen LogP contribution in [0.5, 0.6) is 0 Å². The molecule has 0 aliphatic heterocycles. The largest absolute Gasteiger partial charge is 0.399 e. The number of rotatable bonds is 5. The number of pyridine rings is 1. The fourth-order valence-electron chi connectivity index (χ4n) is 1.64. The van der Waals surface area contributed by atoms with Gasteiger partial charge in [-0.1, -0.05) is 0 Å². The molecule has 1 heterocycles. The van der Waals surface area contributed by atoms with E-state index < -0.39 is 0 Å². The molecule has 4 nitrogen and oxygen atoms in total. The van der Waals surface area contributed by atoms with E-state index in [1.807, 2.05) is 37.3 Å². The van der Waals surface area contributed by atoms with Crippen LogP contribution in [0, 0.1) is 0 Å². The number of hydrogen-bond donors (Lipinski definition) is 2. The van der Waals surface area contributed by atoms with Gasteiger partial charge in [-0.3, -0.25) is 0 Å². The Hall–Kier alpha value is -1.81. The van der Waals surface area contributed by atoms with Gasteiger partial charge in [-0.25, -0.2) is 4.98 Å². The molecular formula is C13H17N3O. The van der Waals surface area contributed by atoms with Crippen LogP contribution in [0.25, 0.3) is 10.9 Å². The quantitative estimate of drug-likeness (QED) is 0.612. The number of nitrogens with zero attached hydrogens (tertiary/aromatic N) is 1. The van der Waals surface area contributed by atoms with Gasteiger partial charge in [0.15, 0.2) is 0 Å². The van der Waals surface area contributed by atoms with Gasteiger partial charge in [0.2, 0.25) is 0 Å². The third kappa shape index (κ3) is 3.07. The molecule has 17 heavy (non-hydrogen) atoms. The smallest absolute Gasteiger partial charge is 0.126 e. The van der Waals surface area contributed by atoms with Crippen LogP contribution in [0.4, 0.5) is 11.5 Å². The zero-order chi connectivity index (χ0) is 12.1. The molecule has 0 bridgehead atoms. The lowest BCUT2D eigenvalue weighted by Gasteiger charge is -2.07. The van der Waals surface area contributed by atoms with E-state index in [0.29, 0.717) is 6.61 Å². The molecule has 0 saturated carbocycles. The molecule has 3 N–H and O–H groups in total. The molecule has 0 atom stereocenters. The lowest BCUT2D eigenvalue weighted by molar-refractivity contribution is 0.158. The van der Waals surface area contributed by atoms with Gasteiger partial charge in [0.25, 0.3) is 0 Å². The maximum atomic E-state index is 5.72. The summed E-state index contributed by atoms with van der Waals surface area (Å²) in [6.45, 7) is 4.18. The number of nitrogens with one attached hydrogen (secondary N) is 1. The highest BCUT2D eigenvalue weighted by molar-refractivity contribution is 5.83. The minimum absolute atomic E-state index is 0.692. The van der Waals surface area contributed by atoms with Crippen LogP contribution < -0.4 is 11.1 Å². The molecule has 4 heteroatoms. The molecule has 1 aromatic carbocycles. The number of aromatic nitrogens is 1. The summed E-state index contributed by atoms with van der Waals surface area (Å²) in [5.41, 5.74) is 7.42. The van der Waals surface area contributed by atoms with Crippen molar-refractivity contribution in [3.8, 4) is 0 Å². The first-order chi connectivity index (χ1) is 8.29. The highest BCUT2D eigenvalue weighted by atomic mass is 16.5. The summed E-state index contributed by atoms with van der Waals surface area (Å²) in [5, 5.41) is 4.27. The van der Waals surface area contributed by atoms with Crippen molar-refractivity contribution < 1.29 is 4.74 Å². The first-order valence-corrected chi connectivity index (χ1v) is 5.77. The number of anilines is 2. The number of nitrogens with two attached hydrogens (primary N) is 1. The number of fused-ring (bicyclic) bond motifs is 1. The molecule has 0 aliphatic rings. The van der Waals surface area contributed by atoms with Gasteiger partial charge >= 0.3 is 0 Å². The van der Waals surface area contributed by atoms with E-state index in [-0.39, 0.29) is 0 Å². The zero-order valence-electron chi connectivity index (χ0n) is 9.94. The van der Waals surface area contributed by atoms with E-state index in [1.54, 1.807) is 0 Å². The molecule has 0 fully saturated rings. The topological polar surface area (TPSA) is 60.2 Å². The second-order valence-electron chi connectivity index (χ2n) is 3.77. The second-order valence-corrected chi connectivity index (χ2v) is 3.77. The third-order valence-corrected chi connectivity index (χ3v) is 2.47. The van der Waals surface area contributed by atoms with Crippen LogP contribution >= 0.6 is 0 Å². The van der Waals surface area contributed by atoms with Crippen LogP contribution in [0.15, 0.2) is 30.3 Å². The van der Waals surface area contributed by atoms with E-state index in [9.17, 15) is 0 Å². The first-order valence-electron chi connectivity index (χ1n) is 5.77. The van der Waals surface area contributed by atoms with Crippen LogP contribution in [0.3, 0.4) is 0 Å². The highest BCUT2D eigenvalue weighted by Crippen LogP contribution is 2.17. The summed E-state index contributed by atoms with van der Waals surface area (Å²) in [7, 11) is 0. The van der Waals surface area contributed by atoms with E-state index in [4.69, 9.17) is 10.5 Å². The summed E-state index contributed by atoms with van der Waals surface area (Å²) in [6, 6.07) is 9.68. The Morgan fingerprint density at radius 1 is 1.29 bits per heavy atom. The standard InChI is InChI=1S/C13H17N3O/c1-2-17-8-7-15-13-6-3-10-9-11(14)4-5-12(10)16-13/h3-6,9H,2,7-8,14H2,1H3,(H,15,16). The van der Waals surface area contributed by atoms with Crippen LogP contribution in [-0.2, 0) is 4.74 Å². The van der Waals surface area contributed by atoms with Gasteiger partial charge in [-0.15, -0.1) is 0 Å². The van der Waals surface area contributed by atoms with Crippen LogP contribution in [0.1, 0.15) is 6.92 Å². The Labute approximate surface area is 101 Å². The second kappa shape index (κ2) is 5.50. The Morgan fingerprint density at radius 3 is 3.00 bits per heavy atom. The van der Waals surface area contributed by atoms with Crippen molar-refractivity contribution in [2.45, 2.75) is 6.92 Å². The Balaban J connectivity index is 2.07. The van der Waals surface area contributed by atoms with E-state index in [1.165, 1.54) is 0 Å². The summed E-state index contributed by atoms with van der Waals surface area (Å²) in [6.07, 6.45) is 0. The van der Waals surface area contributed by atoms with Crippen molar-refractivity contribution >= 4 is 22.4 Å². The maximum Gasteiger partial charge on any atom is 0.126 e. The minimum atomic E-state index is 0.692. The van der Waals surface area contributed by atoms with E-state index in [0.717, 1.165) is 35.6 Å². The maximum absolute atomic E-state index is 5.72. The molecule has 0 spiro atoms. The molecule has 0 amide bonds. The summed E-state index contributed by atoms with van der Waals surface area (Å²) < 4.78 is 5.25. The summed E-state index contributed by atoms with van der Waals surface area (Å²) >= 11 is 0. The van der Waals surface area contributed by atoms with Crippen LogP contribution in [-0.4, -0.2) is 24.7 Å². The molecular weight excluding hydrogens is 214 g/mol. The monoisotopic (exact) mass is 231 g/mol. The fourth-order valence-corrected chi connectivity index (χ4v) is 1.64. The highest BCUT2D eigenvalue weighted by Gasteiger charge is 1.98. The fraction of sp³-hybridized carbons (Fsp3) is 0.308. The van der Waals surface area contributed by atoms with Crippen molar-refractivity contribution in [2.75, 3.05) is 30.8 Å². The average molecular weight is 231 g/mol. The van der Waals surface area contributed by atoms with Crippen molar-refractivity contribution in [1.29, 1.82) is 0 Å². The van der Waals surface area contributed by atoms with Gasteiger partial charge in [0.05, 0.1) is 12.1 Å². The Kier molecular flexibility index (Phi) is 3.77. The van der Waals surface area contributed by atoms with Gasteiger partial charge in [-0.2, -0.15) is 0 Å². The predicted molar refractivity (Wildman–Crippen MR) is 71.1 cm³/mol. The summed E-state index contributed by atoms with van der Waals surface area (Å²) in [5.74, 6) is 0.863. The number of nitrogen functional groups attached to an aromatic ring is 1. The van der Waals surface area contributed by atoms with E-state index >= 15 is 0 Å². The van der Waals surface area contributed by atoms with Gasteiger partial charge in [0.1, 0.15) is 5.82 Å². The lowest BCUT2D eigenvalue weighted by Crippen LogP contribution is -2.10. The predicted octanol–water partition coefficient (Wildman–Crippen LogP) is 2.27. The van der Waals surface area contributed by atoms with Crippen LogP contribution in [0.2, 0.25) is 0 Å². The molecule has 0 radical (unpaired) electrons. The molecule has 90 valence electrons. The number of hydrogen-bond acceptors (Lipinski definition) is 4. The average Bonchev–Trinajstić information content (AvgIpc) is 2.35.